The lowest BCUT2D eigenvalue weighted by Crippen LogP contribution is -2.52. The first-order chi connectivity index (χ1) is 18.4. The Morgan fingerprint density at radius 3 is 2.13 bits per heavy atom. The number of carbonyl (C=O) groups is 2. The van der Waals surface area contributed by atoms with Gasteiger partial charge in [0.25, 0.3) is 0 Å². The molecule has 3 aromatic rings. The van der Waals surface area contributed by atoms with Gasteiger partial charge in [0.15, 0.2) is 0 Å². The fourth-order valence-corrected chi connectivity index (χ4v) is 4.91. The Hall–Kier alpha value is -3.85. The van der Waals surface area contributed by atoms with Crippen molar-refractivity contribution in [2.24, 2.45) is 0 Å². The molecule has 0 radical (unpaired) electrons. The van der Waals surface area contributed by atoms with Gasteiger partial charge in [0.2, 0.25) is 21.8 Å². The molecule has 0 aliphatic carbocycles. The summed E-state index contributed by atoms with van der Waals surface area (Å²) in [6, 6.07) is 23.0. The van der Waals surface area contributed by atoms with Crippen LogP contribution in [0.4, 0.5) is 5.69 Å². The first-order valence-electron chi connectivity index (χ1n) is 12.8. The molecule has 0 heterocycles. The van der Waals surface area contributed by atoms with Crippen LogP contribution in [-0.2, 0) is 32.8 Å². The Bertz CT molecular complexity index is 1360. The minimum absolute atomic E-state index is 0.106. The van der Waals surface area contributed by atoms with Crippen LogP contribution in [0.1, 0.15) is 37.5 Å². The molecule has 0 bridgehead atoms. The molecular weight excluding hydrogens is 514 g/mol. The second-order valence-corrected chi connectivity index (χ2v) is 11.8. The van der Waals surface area contributed by atoms with Crippen molar-refractivity contribution in [2.75, 3.05) is 17.1 Å². The summed E-state index contributed by atoms with van der Waals surface area (Å²) in [5.74, 6) is -0.225. The van der Waals surface area contributed by atoms with Crippen LogP contribution in [0.3, 0.4) is 0 Å². The van der Waals surface area contributed by atoms with Gasteiger partial charge in [0.1, 0.15) is 24.9 Å². The average Bonchev–Trinajstić information content (AvgIpc) is 2.88. The summed E-state index contributed by atoms with van der Waals surface area (Å²) < 4.78 is 32.4. The second-order valence-electron chi connectivity index (χ2n) is 9.89. The van der Waals surface area contributed by atoms with E-state index in [4.69, 9.17) is 4.74 Å². The van der Waals surface area contributed by atoms with E-state index in [1.54, 1.807) is 31.2 Å². The number of hydrogen-bond donors (Lipinski definition) is 1. The Kier molecular flexibility index (Phi) is 10.1. The molecule has 0 aliphatic rings. The van der Waals surface area contributed by atoms with Gasteiger partial charge in [0, 0.05) is 12.6 Å². The van der Waals surface area contributed by atoms with Crippen LogP contribution in [-0.4, -0.2) is 50.0 Å². The molecule has 8 nitrogen and oxygen atoms in total. The molecule has 9 heteroatoms. The number of anilines is 1. The van der Waals surface area contributed by atoms with Gasteiger partial charge in [-0.2, -0.15) is 0 Å². The van der Waals surface area contributed by atoms with Gasteiger partial charge in [-0.3, -0.25) is 13.9 Å². The van der Waals surface area contributed by atoms with Gasteiger partial charge >= 0.3 is 0 Å². The van der Waals surface area contributed by atoms with Crippen molar-refractivity contribution >= 4 is 27.5 Å². The SMILES string of the molecule is Cc1cccc(CN(C(=O)CN(c2ccc(OCc3ccccc3)cc2)S(C)(=O)=O)[C@@H](C)C(=O)NC(C)C)c1. The molecule has 1 atom stereocenters. The minimum Gasteiger partial charge on any atom is -0.489 e. The van der Waals surface area contributed by atoms with Gasteiger partial charge in [-0.05, 0) is 63.1 Å². The van der Waals surface area contributed by atoms with Gasteiger partial charge in [-0.25, -0.2) is 8.42 Å². The van der Waals surface area contributed by atoms with Crippen LogP contribution >= 0.6 is 0 Å². The van der Waals surface area contributed by atoms with Crippen LogP contribution in [0, 0.1) is 6.92 Å². The molecule has 208 valence electrons. The van der Waals surface area contributed by atoms with Crippen molar-refractivity contribution in [2.45, 2.75) is 52.9 Å². The summed E-state index contributed by atoms with van der Waals surface area (Å²) >= 11 is 0. The predicted molar refractivity (Wildman–Crippen MR) is 154 cm³/mol. The van der Waals surface area contributed by atoms with Crippen molar-refractivity contribution in [1.29, 1.82) is 0 Å². The maximum atomic E-state index is 13.6. The average molecular weight is 552 g/mol. The van der Waals surface area contributed by atoms with E-state index in [9.17, 15) is 18.0 Å². The normalized spacial score (nSPS) is 12.1. The van der Waals surface area contributed by atoms with E-state index in [0.29, 0.717) is 18.0 Å². The summed E-state index contributed by atoms with van der Waals surface area (Å²) in [7, 11) is -3.81. The molecule has 0 unspecified atom stereocenters. The molecule has 0 saturated heterocycles. The second kappa shape index (κ2) is 13.3. The lowest BCUT2D eigenvalue weighted by atomic mass is 10.1. The zero-order chi connectivity index (χ0) is 28.6. The Balaban J connectivity index is 1.82. The fraction of sp³-hybridized carbons (Fsp3) is 0.333. The molecule has 0 spiro atoms. The third kappa shape index (κ3) is 8.85. The highest BCUT2D eigenvalue weighted by molar-refractivity contribution is 7.92. The maximum Gasteiger partial charge on any atom is 0.244 e. The third-order valence-electron chi connectivity index (χ3n) is 6.09. The lowest BCUT2D eigenvalue weighted by Gasteiger charge is -2.32. The standard InChI is InChI=1S/C30H37N3O5S/c1-22(2)31-30(35)24(4)32(19-26-13-9-10-23(3)18-26)29(34)20-33(39(5,36)37)27-14-16-28(17-15-27)38-21-25-11-7-6-8-12-25/h6-18,22,24H,19-21H2,1-5H3,(H,31,35)/t24-/m0/s1. The van der Waals surface area contributed by atoms with Crippen molar-refractivity contribution in [3.05, 3.63) is 95.6 Å². The van der Waals surface area contributed by atoms with Crippen molar-refractivity contribution in [3.63, 3.8) is 0 Å². The molecule has 39 heavy (non-hydrogen) atoms. The van der Waals surface area contributed by atoms with Crippen molar-refractivity contribution in [3.8, 4) is 5.75 Å². The van der Waals surface area contributed by atoms with E-state index in [1.807, 2.05) is 75.4 Å². The summed E-state index contributed by atoms with van der Waals surface area (Å²) in [5, 5.41) is 2.84. The number of ether oxygens (including phenoxy) is 1. The summed E-state index contributed by atoms with van der Waals surface area (Å²) in [4.78, 5) is 27.9. The van der Waals surface area contributed by atoms with Crippen LogP contribution in [0.2, 0.25) is 0 Å². The van der Waals surface area contributed by atoms with Crippen LogP contribution in [0.15, 0.2) is 78.9 Å². The molecule has 0 fully saturated rings. The molecule has 3 rings (SSSR count). The minimum atomic E-state index is -3.81. The number of nitrogens with one attached hydrogen (secondary N) is 1. The first-order valence-corrected chi connectivity index (χ1v) is 14.7. The van der Waals surface area contributed by atoms with Crippen LogP contribution in [0.5, 0.6) is 5.75 Å². The number of sulfonamides is 1. The summed E-state index contributed by atoms with van der Waals surface area (Å²) in [6.07, 6.45) is 1.06. The summed E-state index contributed by atoms with van der Waals surface area (Å²) in [5.41, 5.74) is 3.20. The van der Waals surface area contributed by atoms with Crippen molar-refractivity contribution in [1.82, 2.24) is 10.2 Å². The Labute approximate surface area is 231 Å². The molecule has 0 aliphatic heterocycles. The van der Waals surface area contributed by atoms with E-state index < -0.39 is 28.5 Å². The smallest absolute Gasteiger partial charge is 0.244 e. The largest absolute Gasteiger partial charge is 0.489 e. The third-order valence-corrected chi connectivity index (χ3v) is 7.23. The van der Waals surface area contributed by atoms with Gasteiger partial charge in [0.05, 0.1) is 11.9 Å². The number of rotatable bonds is 12. The van der Waals surface area contributed by atoms with Gasteiger partial charge in [-0.1, -0.05) is 60.2 Å². The topological polar surface area (TPSA) is 96.0 Å². The molecule has 1 N–H and O–H groups in total. The highest BCUT2D eigenvalue weighted by Crippen LogP contribution is 2.23. The monoisotopic (exact) mass is 551 g/mol. The zero-order valence-electron chi connectivity index (χ0n) is 23.1. The summed E-state index contributed by atoms with van der Waals surface area (Å²) in [6.45, 7) is 7.37. The van der Waals surface area contributed by atoms with Crippen molar-refractivity contribution < 1.29 is 22.7 Å². The fourth-order valence-electron chi connectivity index (χ4n) is 4.06. The number of nitrogens with zero attached hydrogens (tertiary/aromatic N) is 2. The Morgan fingerprint density at radius 1 is 0.897 bits per heavy atom. The highest BCUT2D eigenvalue weighted by Gasteiger charge is 2.30. The number of aryl methyl sites for hydroxylation is 1. The van der Waals surface area contributed by atoms with E-state index in [1.165, 1.54) is 4.90 Å². The van der Waals surface area contributed by atoms with Crippen LogP contribution in [0.25, 0.3) is 0 Å². The molecule has 2 amide bonds. The molecular formula is C30H37N3O5S. The van der Waals surface area contributed by atoms with E-state index in [0.717, 1.165) is 27.3 Å². The molecule has 0 saturated carbocycles. The highest BCUT2D eigenvalue weighted by atomic mass is 32.2. The zero-order valence-corrected chi connectivity index (χ0v) is 23.9. The molecule has 0 aromatic heterocycles. The quantitative estimate of drug-likeness (QED) is 0.363. The van der Waals surface area contributed by atoms with E-state index >= 15 is 0 Å². The van der Waals surface area contributed by atoms with Crippen LogP contribution < -0.4 is 14.4 Å². The number of carbonyl (C=O) groups excluding carboxylic acids is 2. The van der Waals surface area contributed by atoms with Gasteiger partial charge < -0.3 is 15.0 Å². The van der Waals surface area contributed by atoms with E-state index in [-0.39, 0.29) is 18.5 Å². The predicted octanol–water partition coefficient (Wildman–Crippen LogP) is 4.28. The van der Waals surface area contributed by atoms with Gasteiger partial charge in [-0.15, -0.1) is 0 Å². The van der Waals surface area contributed by atoms with E-state index in [2.05, 4.69) is 5.32 Å². The lowest BCUT2D eigenvalue weighted by molar-refractivity contribution is -0.139. The number of amides is 2. The maximum absolute atomic E-state index is 13.6. The first kappa shape index (κ1) is 29.7. The Morgan fingerprint density at radius 2 is 1.54 bits per heavy atom. The number of benzene rings is 3. The molecule has 3 aromatic carbocycles. The number of hydrogen-bond acceptors (Lipinski definition) is 5.